The molecule has 1 heteroatoms. The van der Waals surface area contributed by atoms with Crippen LogP contribution in [0.1, 0.15) is 27.2 Å². The van der Waals surface area contributed by atoms with Crippen molar-refractivity contribution in [3.05, 3.63) is 0 Å². The Balaban J connectivity index is 1.95. The molecule has 1 nitrogen and oxygen atoms in total. The van der Waals surface area contributed by atoms with Gasteiger partial charge in [-0.15, -0.1) is 0 Å². The second-order valence-electron chi connectivity index (χ2n) is 4.46. The number of aliphatic hydroxyl groups is 1. The van der Waals surface area contributed by atoms with Crippen molar-refractivity contribution in [1.29, 1.82) is 0 Å². The molecule has 0 radical (unpaired) electrons. The van der Waals surface area contributed by atoms with Gasteiger partial charge in [-0.25, -0.2) is 0 Å². The summed E-state index contributed by atoms with van der Waals surface area (Å²) in [5.74, 6) is 3.23. The maximum absolute atomic E-state index is 9.54. The third-order valence-corrected chi connectivity index (χ3v) is 3.64. The van der Waals surface area contributed by atoms with Crippen molar-refractivity contribution in [2.75, 3.05) is 0 Å². The summed E-state index contributed by atoms with van der Waals surface area (Å²) in [6.07, 6.45) is 1.05. The molecule has 0 aromatic heterocycles. The summed E-state index contributed by atoms with van der Waals surface area (Å²) in [6, 6.07) is 0. The van der Waals surface area contributed by atoms with Crippen molar-refractivity contribution in [3.8, 4) is 0 Å². The first-order valence-corrected chi connectivity index (χ1v) is 4.26. The Morgan fingerprint density at radius 2 is 1.70 bits per heavy atom. The quantitative estimate of drug-likeness (QED) is 0.587. The molecule has 2 aliphatic rings. The van der Waals surface area contributed by atoms with Crippen LogP contribution in [-0.2, 0) is 0 Å². The molecule has 2 rings (SSSR count). The monoisotopic (exact) mass is 140 g/mol. The molecular formula is C9H16O. The maximum atomic E-state index is 9.54. The minimum absolute atomic E-state index is 0.288. The highest BCUT2D eigenvalue weighted by molar-refractivity contribution is 5.11. The van der Waals surface area contributed by atoms with Crippen molar-refractivity contribution in [1.82, 2.24) is 0 Å². The summed E-state index contributed by atoms with van der Waals surface area (Å²) in [4.78, 5) is 0. The first-order valence-electron chi connectivity index (χ1n) is 4.26. The Morgan fingerprint density at radius 1 is 1.30 bits per heavy atom. The van der Waals surface area contributed by atoms with E-state index in [-0.39, 0.29) is 5.60 Å². The zero-order chi connectivity index (χ0) is 7.52. The number of rotatable bonds is 1. The molecule has 0 amide bonds. The van der Waals surface area contributed by atoms with Crippen LogP contribution in [0.25, 0.3) is 0 Å². The van der Waals surface area contributed by atoms with Gasteiger partial charge in [-0.05, 0) is 37.0 Å². The van der Waals surface area contributed by atoms with Gasteiger partial charge in [0, 0.05) is 0 Å². The Hall–Kier alpha value is -0.0400. The molecule has 0 aromatic rings. The smallest absolute Gasteiger partial charge is 0.0655 e. The van der Waals surface area contributed by atoms with Crippen molar-refractivity contribution in [3.63, 3.8) is 0 Å². The summed E-state index contributed by atoms with van der Waals surface area (Å²) >= 11 is 0. The van der Waals surface area contributed by atoms with Gasteiger partial charge >= 0.3 is 0 Å². The minimum atomic E-state index is -0.288. The van der Waals surface area contributed by atoms with Crippen molar-refractivity contribution in [2.24, 2.45) is 23.7 Å². The van der Waals surface area contributed by atoms with Crippen LogP contribution >= 0.6 is 0 Å². The lowest BCUT2D eigenvalue weighted by molar-refractivity contribution is 0.145. The zero-order valence-corrected chi connectivity index (χ0v) is 6.96. The standard InChI is InChI=1S/C9H16O/c1-5-6(2)8(5)7-4-9(7,3)10/h5-8,10H,4H2,1-3H3. The Kier molecular flexibility index (Phi) is 1.05. The van der Waals surface area contributed by atoms with E-state index in [2.05, 4.69) is 13.8 Å². The summed E-state index contributed by atoms with van der Waals surface area (Å²) in [7, 11) is 0. The van der Waals surface area contributed by atoms with E-state index in [1.54, 1.807) is 0 Å². The van der Waals surface area contributed by atoms with Crippen LogP contribution in [-0.4, -0.2) is 10.7 Å². The molecule has 2 fully saturated rings. The molecule has 0 bridgehead atoms. The highest BCUT2D eigenvalue weighted by atomic mass is 16.3. The molecule has 0 aromatic carbocycles. The topological polar surface area (TPSA) is 20.2 Å². The first kappa shape index (κ1) is 6.66. The van der Waals surface area contributed by atoms with Crippen LogP contribution in [0.3, 0.4) is 0 Å². The molecule has 0 heterocycles. The summed E-state index contributed by atoms with van der Waals surface area (Å²) < 4.78 is 0. The third-order valence-electron chi connectivity index (χ3n) is 3.64. The predicted octanol–water partition coefficient (Wildman–Crippen LogP) is 1.66. The Labute approximate surface area is 62.4 Å². The molecular weight excluding hydrogens is 124 g/mol. The van der Waals surface area contributed by atoms with Crippen molar-refractivity contribution in [2.45, 2.75) is 32.8 Å². The third kappa shape index (κ3) is 0.731. The molecule has 0 aliphatic heterocycles. The van der Waals surface area contributed by atoms with Gasteiger partial charge in [-0.1, -0.05) is 13.8 Å². The van der Waals surface area contributed by atoms with Crippen LogP contribution in [0.2, 0.25) is 0 Å². The van der Waals surface area contributed by atoms with E-state index >= 15 is 0 Å². The van der Waals surface area contributed by atoms with E-state index in [0.29, 0.717) is 5.92 Å². The van der Waals surface area contributed by atoms with Gasteiger partial charge in [0.05, 0.1) is 5.60 Å². The zero-order valence-electron chi connectivity index (χ0n) is 6.96. The fourth-order valence-corrected chi connectivity index (χ4v) is 2.37. The molecule has 1 N–H and O–H groups in total. The van der Waals surface area contributed by atoms with Crippen LogP contribution in [0.5, 0.6) is 0 Å². The van der Waals surface area contributed by atoms with Crippen LogP contribution < -0.4 is 0 Å². The fourth-order valence-electron chi connectivity index (χ4n) is 2.37. The fraction of sp³-hybridized carbons (Fsp3) is 1.00. The van der Waals surface area contributed by atoms with Gasteiger partial charge in [0.25, 0.3) is 0 Å². The molecule has 4 atom stereocenters. The Morgan fingerprint density at radius 3 is 1.80 bits per heavy atom. The van der Waals surface area contributed by atoms with E-state index in [1.165, 1.54) is 0 Å². The highest BCUT2D eigenvalue weighted by Crippen LogP contribution is 2.62. The van der Waals surface area contributed by atoms with Crippen LogP contribution in [0.15, 0.2) is 0 Å². The lowest BCUT2D eigenvalue weighted by atomic mass is 10.1. The van der Waals surface area contributed by atoms with E-state index in [1.807, 2.05) is 6.92 Å². The lowest BCUT2D eigenvalue weighted by Gasteiger charge is -1.99. The first-order chi connectivity index (χ1) is 4.54. The van der Waals surface area contributed by atoms with Gasteiger partial charge in [0.1, 0.15) is 0 Å². The largest absolute Gasteiger partial charge is 0.390 e. The van der Waals surface area contributed by atoms with Gasteiger partial charge < -0.3 is 5.11 Å². The van der Waals surface area contributed by atoms with Crippen molar-refractivity contribution >= 4 is 0 Å². The minimum Gasteiger partial charge on any atom is -0.390 e. The van der Waals surface area contributed by atoms with E-state index in [9.17, 15) is 5.11 Å². The summed E-state index contributed by atoms with van der Waals surface area (Å²) in [6.45, 7) is 6.56. The van der Waals surface area contributed by atoms with Crippen LogP contribution in [0.4, 0.5) is 0 Å². The number of hydrogen-bond donors (Lipinski definition) is 1. The van der Waals surface area contributed by atoms with E-state index in [4.69, 9.17) is 0 Å². The number of hydrogen-bond acceptors (Lipinski definition) is 1. The van der Waals surface area contributed by atoms with E-state index in [0.717, 1.165) is 24.2 Å². The van der Waals surface area contributed by atoms with Gasteiger partial charge in [0.2, 0.25) is 0 Å². The second-order valence-corrected chi connectivity index (χ2v) is 4.46. The highest BCUT2D eigenvalue weighted by Gasteiger charge is 2.62. The Bertz CT molecular complexity index is 154. The van der Waals surface area contributed by atoms with Crippen molar-refractivity contribution < 1.29 is 5.11 Å². The summed E-state index contributed by atoms with van der Waals surface area (Å²) in [5.41, 5.74) is -0.288. The van der Waals surface area contributed by atoms with E-state index < -0.39 is 0 Å². The predicted molar refractivity (Wildman–Crippen MR) is 40.5 cm³/mol. The van der Waals surface area contributed by atoms with Gasteiger partial charge in [-0.2, -0.15) is 0 Å². The molecule has 4 unspecified atom stereocenters. The van der Waals surface area contributed by atoms with Gasteiger partial charge in [0.15, 0.2) is 0 Å². The molecule has 2 saturated carbocycles. The SMILES string of the molecule is CC1C(C)C1C1CC1(C)O. The van der Waals surface area contributed by atoms with Gasteiger partial charge in [-0.3, -0.25) is 0 Å². The average Bonchev–Trinajstić information content (AvgIpc) is 2.55. The maximum Gasteiger partial charge on any atom is 0.0655 e. The molecule has 58 valence electrons. The molecule has 0 saturated heterocycles. The molecule has 2 aliphatic carbocycles. The van der Waals surface area contributed by atoms with Crippen LogP contribution in [0, 0.1) is 23.7 Å². The molecule has 10 heavy (non-hydrogen) atoms. The lowest BCUT2D eigenvalue weighted by Crippen LogP contribution is -2.05. The molecule has 0 spiro atoms. The average molecular weight is 140 g/mol. The normalized spacial score (nSPS) is 66.0. The second kappa shape index (κ2) is 1.58. The summed E-state index contributed by atoms with van der Waals surface area (Å²) in [5, 5.41) is 9.54.